The van der Waals surface area contributed by atoms with Crippen LogP contribution in [0.5, 0.6) is 6.01 Å². The number of nitriles is 1. The van der Waals surface area contributed by atoms with Crippen molar-refractivity contribution < 1.29 is 17.9 Å². The molecule has 2 fully saturated rings. The van der Waals surface area contributed by atoms with Gasteiger partial charge in [0.05, 0.1) is 35.7 Å². The zero-order valence-corrected chi connectivity index (χ0v) is 25.0. The molecule has 0 aliphatic carbocycles. The Labute approximate surface area is 252 Å². The number of rotatable bonds is 8. The molecule has 2 atom stereocenters. The second-order valence-electron chi connectivity index (χ2n) is 11.3. The fraction of sp³-hybridized carbons (Fsp3) is 0.419. The third-order valence-electron chi connectivity index (χ3n) is 8.72. The number of amides is 1. The number of sulfonamides is 1. The fourth-order valence-electron chi connectivity index (χ4n) is 6.34. The molecule has 0 bridgehead atoms. The molecule has 224 valence electrons. The van der Waals surface area contributed by atoms with Crippen LogP contribution in [0.15, 0.2) is 60.0 Å². The van der Waals surface area contributed by atoms with Crippen LogP contribution in [0.2, 0.25) is 0 Å². The Morgan fingerprint density at radius 1 is 1.12 bits per heavy atom. The first-order chi connectivity index (χ1) is 20.8. The largest absolute Gasteiger partial charge is 0.462 e. The lowest BCUT2D eigenvalue weighted by Crippen LogP contribution is -2.55. The quantitative estimate of drug-likeness (QED) is 0.359. The summed E-state index contributed by atoms with van der Waals surface area (Å²) >= 11 is 0. The second-order valence-corrected chi connectivity index (χ2v) is 13.2. The minimum atomic E-state index is -3.88. The lowest BCUT2D eigenvalue weighted by atomic mass is 10.1. The summed E-state index contributed by atoms with van der Waals surface area (Å²) in [6, 6.07) is 15.0. The number of aromatic nitrogens is 2. The van der Waals surface area contributed by atoms with E-state index in [1.165, 1.54) is 10.4 Å². The molecular weight excluding hydrogens is 566 g/mol. The highest BCUT2D eigenvalue weighted by Gasteiger charge is 2.38. The van der Waals surface area contributed by atoms with Crippen LogP contribution in [0.4, 0.5) is 5.82 Å². The number of benzene rings is 2. The summed E-state index contributed by atoms with van der Waals surface area (Å²) in [6.07, 6.45) is 3.56. The number of ether oxygens (including phenoxy) is 1. The van der Waals surface area contributed by atoms with Gasteiger partial charge in [0.2, 0.25) is 15.9 Å². The molecule has 1 aromatic heterocycles. The molecule has 3 aromatic rings. The van der Waals surface area contributed by atoms with Crippen molar-refractivity contribution in [3.63, 3.8) is 0 Å². The number of nitrogens with zero attached hydrogens (tertiary/aromatic N) is 7. The van der Waals surface area contributed by atoms with Gasteiger partial charge in [-0.2, -0.15) is 19.5 Å². The van der Waals surface area contributed by atoms with Gasteiger partial charge >= 0.3 is 6.01 Å². The lowest BCUT2D eigenvalue weighted by Gasteiger charge is -2.41. The standard InChI is InChI=1S/C31H35N7O4S/c1-3-29(39)38-17-16-36(18-23(38)13-14-32)30-26-19-37(43(40,41)28-12-6-9-22-8-4-5-11-25(22)28)20-27(26)33-31(34-30)42-21-24-10-7-15-35(24)2/h3-6,8-9,11-12,23-24H,1,7,10,13,15-21H2,2H3/t23-,24-/m0/s1. The molecule has 11 nitrogen and oxygen atoms in total. The average molecular weight is 602 g/mol. The van der Waals surface area contributed by atoms with E-state index in [0.717, 1.165) is 24.8 Å². The number of fused-ring (bicyclic) bond motifs is 2. The molecule has 3 aliphatic rings. The average Bonchev–Trinajstić information content (AvgIpc) is 3.65. The summed E-state index contributed by atoms with van der Waals surface area (Å²) in [5.74, 6) is 0.369. The van der Waals surface area contributed by atoms with E-state index in [0.29, 0.717) is 48.7 Å². The van der Waals surface area contributed by atoms with Crippen LogP contribution in [0.1, 0.15) is 30.5 Å². The Kier molecular flexibility index (Phi) is 8.05. The van der Waals surface area contributed by atoms with E-state index >= 15 is 0 Å². The van der Waals surface area contributed by atoms with E-state index in [-0.39, 0.29) is 48.4 Å². The molecule has 0 unspecified atom stereocenters. The summed E-state index contributed by atoms with van der Waals surface area (Å²) in [5.41, 5.74) is 1.32. The van der Waals surface area contributed by atoms with Gasteiger partial charge in [0.15, 0.2) is 0 Å². The van der Waals surface area contributed by atoms with Crippen LogP contribution in [0.3, 0.4) is 0 Å². The molecule has 0 saturated carbocycles. The second kappa shape index (κ2) is 11.9. The van der Waals surface area contributed by atoms with Crippen molar-refractivity contribution in [2.75, 3.05) is 44.7 Å². The smallest absolute Gasteiger partial charge is 0.318 e. The Bertz CT molecular complexity index is 1700. The summed E-state index contributed by atoms with van der Waals surface area (Å²) in [4.78, 5) is 28.2. The van der Waals surface area contributed by atoms with Gasteiger partial charge in [-0.3, -0.25) is 4.79 Å². The number of likely N-dealkylation sites (tertiary alicyclic amines) is 1. The van der Waals surface area contributed by atoms with E-state index in [2.05, 4.69) is 24.6 Å². The molecular formula is C31H35N7O4S. The zero-order valence-electron chi connectivity index (χ0n) is 24.2. The van der Waals surface area contributed by atoms with Gasteiger partial charge < -0.3 is 19.4 Å². The van der Waals surface area contributed by atoms with Gasteiger partial charge in [-0.1, -0.05) is 43.0 Å². The highest BCUT2D eigenvalue weighted by molar-refractivity contribution is 7.89. The van der Waals surface area contributed by atoms with Crippen molar-refractivity contribution in [3.05, 3.63) is 66.4 Å². The highest BCUT2D eigenvalue weighted by atomic mass is 32.2. The van der Waals surface area contributed by atoms with E-state index < -0.39 is 10.0 Å². The fourth-order valence-corrected chi connectivity index (χ4v) is 7.92. The number of hydrogen-bond donors (Lipinski definition) is 0. The molecule has 43 heavy (non-hydrogen) atoms. The van der Waals surface area contributed by atoms with Gasteiger partial charge in [-0.25, -0.2) is 8.42 Å². The maximum absolute atomic E-state index is 14.1. The van der Waals surface area contributed by atoms with Crippen molar-refractivity contribution in [3.8, 4) is 12.1 Å². The van der Waals surface area contributed by atoms with E-state index in [9.17, 15) is 18.5 Å². The predicted molar refractivity (Wildman–Crippen MR) is 162 cm³/mol. The zero-order chi connectivity index (χ0) is 30.1. The first-order valence-corrected chi connectivity index (χ1v) is 16.0. The Morgan fingerprint density at radius 3 is 2.70 bits per heavy atom. The summed E-state index contributed by atoms with van der Waals surface area (Å²) in [6.45, 7) is 6.48. The molecule has 4 heterocycles. The number of piperazine rings is 1. The van der Waals surface area contributed by atoms with Crippen LogP contribution in [-0.4, -0.2) is 90.3 Å². The molecule has 3 aliphatic heterocycles. The Morgan fingerprint density at radius 2 is 1.93 bits per heavy atom. The minimum Gasteiger partial charge on any atom is -0.462 e. The number of anilines is 1. The van der Waals surface area contributed by atoms with E-state index in [1.54, 1.807) is 17.0 Å². The van der Waals surface area contributed by atoms with Gasteiger partial charge in [0, 0.05) is 43.2 Å². The van der Waals surface area contributed by atoms with Crippen molar-refractivity contribution in [2.24, 2.45) is 0 Å². The normalized spacial score (nSPS) is 21.1. The van der Waals surface area contributed by atoms with Gasteiger partial charge in [-0.05, 0) is 44.0 Å². The molecule has 1 amide bonds. The first kappa shape index (κ1) is 29.0. The number of carbonyl (C=O) groups excluding carboxylic acids is 1. The maximum Gasteiger partial charge on any atom is 0.318 e. The molecule has 0 N–H and O–H groups in total. The Hall–Kier alpha value is -4.05. The van der Waals surface area contributed by atoms with E-state index in [4.69, 9.17) is 14.7 Å². The molecule has 12 heteroatoms. The molecule has 6 rings (SSSR count). The lowest BCUT2D eigenvalue weighted by molar-refractivity contribution is -0.128. The minimum absolute atomic E-state index is 0.0899. The third kappa shape index (κ3) is 5.56. The number of carbonyl (C=O) groups is 1. The number of likely N-dealkylation sites (N-methyl/N-ethyl adjacent to an activating group) is 1. The van der Waals surface area contributed by atoms with Gasteiger partial charge in [-0.15, -0.1) is 0 Å². The maximum atomic E-state index is 14.1. The predicted octanol–water partition coefficient (Wildman–Crippen LogP) is 2.92. The topological polar surface area (TPSA) is 123 Å². The molecule has 2 aromatic carbocycles. The molecule has 0 spiro atoms. The van der Waals surface area contributed by atoms with Crippen LogP contribution in [-0.2, 0) is 27.9 Å². The molecule has 0 radical (unpaired) electrons. The first-order valence-electron chi connectivity index (χ1n) is 14.6. The van der Waals surface area contributed by atoms with Crippen LogP contribution >= 0.6 is 0 Å². The Balaban J connectivity index is 1.34. The van der Waals surface area contributed by atoms with Crippen molar-refractivity contribution in [1.82, 2.24) is 24.1 Å². The molecule has 2 saturated heterocycles. The summed E-state index contributed by atoms with van der Waals surface area (Å²) in [7, 11) is -1.80. The highest BCUT2D eigenvalue weighted by Crippen LogP contribution is 2.37. The third-order valence-corrected chi connectivity index (χ3v) is 10.6. The van der Waals surface area contributed by atoms with Crippen molar-refractivity contribution >= 4 is 32.5 Å². The van der Waals surface area contributed by atoms with Crippen LogP contribution < -0.4 is 9.64 Å². The summed E-state index contributed by atoms with van der Waals surface area (Å²) < 4.78 is 35.7. The van der Waals surface area contributed by atoms with E-state index in [1.807, 2.05) is 35.2 Å². The number of hydrogen-bond acceptors (Lipinski definition) is 9. The van der Waals surface area contributed by atoms with Crippen molar-refractivity contribution in [1.29, 1.82) is 5.26 Å². The summed E-state index contributed by atoms with van der Waals surface area (Å²) in [5, 5.41) is 11.0. The van der Waals surface area contributed by atoms with Crippen LogP contribution in [0, 0.1) is 11.3 Å². The van der Waals surface area contributed by atoms with Crippen molar-refractivity contribution in [2.45, 2.75) is 49.3 Å². The SMILES string of the molecule is C=CC(=O)N1CCN(c2nc(OC[C@@H]3CCCN3C)nc3c2CN(S(=O)(=O)c2cccc4ccccc24)C3)C[C@@H]1CC#N. The van der Waals surface area contributed by atoms with Gasteiger partial charge in [0.25, 0.3) is 0 Å². The van der Waals surface area contributed by atoms with Crippen LogP contribution in [0.25, 0.3) is 10.8 Å². The monoisotopic (exact) mass is 601 g/mol. The van der Waals surface area contributed by atoms with Gasteiger partial charge in [0.1, 0.15) is 12.4 Å².